The number of para-hydroxylation sites is 2. The van der Waals surface area contributed by atoms with Crippen molar-refractivity contribution in [3.05, 3.63) is 34.4 Å². The van der Waals surface area contributed by atoms with Gasteiger partial charge in [0.05, 0.1) is 4.92 Å². The predicted molar refractivity (Wildman–Crippen MR) is 77.5 cm³/mol. The van der Waals surface area contributed by atoms with E-state index in [9.17, 15) is 80.8 Å². The summed E-state index contributed by atoms with van der Waals surface area (Å²) in [6, 6.07) is 2.27. The Kier molecular flexibility index (Phi) is 6.90. The minimum absolute atomic E-state index is 0.328. The maximum absolute atomic E-state index is 13.8. The molecule has 1 amide bonds. The number of alkyl halides is 15. The van der Waals surface area contributed by atoms with Crippen molar-refractivity contribution < 1.29 is 75.6 Å². The fourth-order valence-corrected chi connectivity index (χ4v) is 2.05. The van der Waals surface area contributed by atoms with Gasteiger partial charge < -0.3 is 5.32 Å². The summed E-state index contributed by atoms with van der Waals surface area (Å²) >= 11 is 0. The molecule has 0 unspecified atom stereocenters. The smallest absolute Gasteiger partial charge is 0.315 e. The number of rotatable bonds is 8. The molecule has 34 heavy (non-hydrogen) atoms. The molecule has 1 aromatic carbocycles. The normalized spacial score (nSPS) is 14.7. The molecular formula is C14H5F15N2O3. The molecule has 0 aliphatic rings. The highest BCUT2D eigenvalue weighted by Crippen LogP contribution is 2.62. The van der Waals surface area contributed by atoms with Gasteiger partial charge in [-0.1, -0.05) is 12.1 Å². The van der Waals surface area contributed by atoms with Gasteiger partial charge >= 0.3 is 47.6 Å². The quantitative estimate of drug-likeness (QED) is 0.256. The number of carbonyl (C=O) groups is 1. The van der Waals surface area contributed by atoms with Crippen molar-refractivity contribution >= 4 is 17.3 Å². The van der Waals surface area contributed by atoms with Crippen LogP contribution in [0, 0.1) is 10.1 Å². The van der Waals surface area contributed by atoms with Crippen LogP contribution in [0.2, 0.25) is 0 Å². The Bertz CT molecular complexity index is 958. The van der Waals surface area contributed by atoms with Gasteiger partial charge in [0, 0.05) is 6.07 Å². The number of nitro groups is 1. The van der Waals surface area contributed by atoms with Crippen LogP contribution in [0.3, 0.4) is 0 Å². The van der Waals surface area contributed by atoms with Gasteiger partial charge in [0.15, 0.2) is 0 Å². The summed E-state index contributed by atoms with van der Waals surface area (Å²) in [4.78, 5) is 20.6. The molecule has 0 saturated carbocycles. The molecule has 0 heterocycles. The highest BCUT2D eigenvalue weighted by atomic mass is 19.4. The van der Waals surface area contributed by atoms with Gasteiger partial charge in [-0.2, -0.15) is 65.9 Å². The van der Waals surface area contributed by atoms with Crippen LogP contribution < -0.4 is 5.32 Å². The van der Waals surface area contributed by atoms with Crippen molar-refractivity contribution in [2.24, 2.45) is 0 Å². The molecule has 0 radical (unpaired) electrons. The third-order valence-electron chi connectivity index (χ3n) is 3.96. The molecule has 0 spiro atoms. The second-order valence-corrected chi connectivity index (χ2v) is 6.17. The van der Waals surface area contributed by atoms with Gasteiger partial charge in [-0.3, -0.25) is 14.9 Å². The van der Waals surface area contributed by atoms with E-state index in [1.807, 2.05) is 0 Å². The minimum Gasteiger partial charge on any atom is -0.315 e. The summed E-state index contributed by atoms with van der Waals surface area (Å²) in [6.07, 6.45) is -7.75. The van der Waals surface area contributed by atoms with E-state index in [0.29, 0.717) is 23.5 Å². The fraction of sp³-hybridized carbons (Fsp3) is 0.500. The third kappa shape index (κ3) is 3.95. The molecular weight excluding hydrogens is 529 g/mol. The number of anilines is 1. The molecule has 1 N–H and O–H groups in total. The first-order valence-electron chi connectivity index (χ1n) is 7.70. The van der Waals surface area contributed by atoms with E-state index in [2.05, 4.69) is 0 Å². The predicted octanol–water partition coefficient (Wildman–Crippen LogP) is 5.91. The van der Waals surface area contributed by atoms with E-state index in [4.69, 9.17) is 0 Å². The van der Waals surface area contributed by atoms with Gasteiger partial charge in [0.1, 0.15) is 5.69 Å². The van der Waals surface area contributed by atoms with E-state index >= 15 is 0 Å². The van der Waals surface area contributed by atoms with E-state index < -0.39 is 63.9 Å². The van der Waals surface area contributed by atoms with Crippen LogP contribution in [0.4, 0.5) is 77.2 Å². The monoisotopic (exact) mass is 534 g/mol. The van der Waals surface area contributed by atoms with E-state index in [1.165, 1.54) is 0 Å². The highest BCUT2D eigenvalue weighted by molar-refractivity contribution is 5.98. The van der Waals surface area contributed by atoms with Crippen molar-refractivity contribution in [1.82, 2.24) is 0 Å². The van der Waals surface area contributed by atoms with Crippen molar-refractivity contribution in [2.45, 2.75) is 41.7 Å². The lowest BCUT2D eigenvalue weighted by atomic mass is 9.91. The number of amides is 1. The molecule has 0 aromatic heterocycles. The Morgan fingerprint density at radius 3 is 1.47 bits per heavy atom. The number of carbonyl (C=O) groups excluding carboxylic acids is 1. The number of nitrogens with zero attached hydrogens (tertiary/aromatic N) is 1. The van der Waals surface area contributed by atoms with E-state index in [0.717, 1.165) is 6.07 Å². The van der Waals surface area contributed by atoms with Crippen LogP contribution in [0.1, 0.15) is 0 Å². The van der Waals surface area contributed by atoms with Crippen LogP contribution in [0.5, 0.6) is 0 Å². The molecule has 0 fully saturated rings. The highest BCUT2D eigenvalue weighted by Gasteiger charge is 2.94. The Hall–Kier alpha value is -2.96. The van der Waals surface area contributed by atoms with Crippen LogP contribution in [-0.4, -0.2) is 52.5 Å². The lowest BCUT2D eigenvalue weighted by Crippen LogP contribution is -2.73. The van der Waals surface area contributed by atoms with Gasteiger partial charge in [-0.25, -0.2) is 0 Å². The zero-order chi connectivity index (χ0) is 27.3. The molecule has 0 bridgehead atoms. The molecule has 194 valence electrons. The van der Waals surface area contributed by atoms with E-state index in [1.54, 1.807) is 0 Å². The van der Waals surface area contributed by atoms with Gasteiger partial charge in [-0.05, 0) is 6.07 Å². The number of nitrogens with one attached hydrogen (secondary N) is 1. The molecule has 0 atom stereocenters. The molecule has 0 aliphatic heterocycles. The average Bonchev–Trinajstić information content (AvgIpc) is 2.66. The van der Waals surface area contributed by atoms with Crippen molar-refractivity contribution in [3.63, 3.8) is 0 Å². The number of hydrogen-bond acceptors (Lipinski definition) is 3. The standard InChI is InChI=1S/C14H5F15N2O3/c15-8(16,7(32)30-5-3-1-2-4-6(5)31(33)34)9(17,18)10(19,20)11(21,22)12(23,24)13(25,26)14(27,28)29/h1-4H,(H,30,32). The average molecular weight is 534 g/mol. The van der Waals surface area contributed by atoms with Crippen LogP contribution in [-0.2, 0) is 4.79 Å². The lowest BCUT2D eigenvalue weighted by Gasteiger charge is -2.41. The summed E-state index contributed by atoms with van der Waals surface area (Å²) in [5, 5.41) is 11.2. The molecule has 1 aromatic rings. The Balaban J connectivity index is 3.55. The van der Waals surface area contributed by atoms with Gasteiger partial charge in [-0.15, -0.1) is 0 Å². The van der Waals surface area contributed by atoms with E-state index in [-0.39, 0.29) is 0 Å². The maximum Gasteiger partial charge on any atom is 0.460 e. The first kappa shape index (κ1) is 29.1. The van der Waals surface area contributed by atoms with Crippen LogP contribution in [0.25, 0.3) is 0 Å². The topological polar surface area (TPSA) is 72.2 Å². The first-order valence-corrected chi connectivity index (χ1v) is 7.70. The largest absolute Gasteiger partial charge is 0.460 e. The van der Waals surface area contributed by atoms with Crippen LogP contribution in [0.15, 0.2) is 24.3 Å². The summed E-state index contributed by atoms with van der Waals surface area (Å²) in [5.74, 6) is -52.7. The fourth-order valence-electron chi connectivity index (χ4n) is 2.05. The molecule has 0 aliphatic carbocycles. The molecule has 20 heteroatoms. The lowest BCUT2D eigenvalue weighted by molar-refractivity contribution is -0.449. The minimum atomic E-state index is -8.55. The SMILES string of the molecule is O=C(Nc1ccccc1[N+](=O)[O-])C(F)(F)C(F)(F)C(F)(F)C(F)(F)C(F)(F)C(F)(F)C(F)(F)F. The Morgan fingerprint density at radius 2 is 1.06 bits per heavy atom. The van der Waals surface area contributed by atoms with Gasteiger partial charge in [0.2, 0.25) is 0 Å². The molecule has 1 rings (SSSR count). The summed E-state index contributed by atoms with van der Waals surface area (Å²) < 4.78 is 196. The Morgan fingerprint density at radius 1 is 0.676 bits per heavy atom. The zero-order valence-corrected chi connectivity index (χ0v) is 15.2. The summed E-state index contributed by atoms with van der Waals surface area (Å²) in [6.45, 7) is 0. The van der Waals surface area contributed by atoms with Crippen LogP contribution >= 0.6 is 0 Å². The van der Waals surface area contributed by atoms with Crippen molar-refractivity contribution in [2.75, 3.05) is 5.32 Å². The Labute approximate surface area is 175 Å². The third-order valence-corrected chi connectivity index (χ3v) is 3.96. The maximum atomic E-state index is 13.8. The summed E-state index contributed by atoms with van der Waals surface area (Å²) in [5.41, 5.74) is -2.79. The zero-order valence-electron chi connectivity index (χ0n) is 15.2. The van der Waals surface area contributed by atoms with Crippen molar-refractivity contribution in [1.29, 1.82) is 0 Å². The summed E-state index contributed by atoms with van der Waals surface area (Å²) in [7, 11) is 0. The number of benzene rings is 1. The first-order chi connectivity index (χ1) is 14.8. The van der Waals surface area contributed by atoms with Crippen molar-refractivity contribution in [3.8, 4) is 0 Å². The molecule has 5 nitrogen and oxygen atoms in total. The number of hydrogen-bond donors (Lipinski definition) is 1. The number of nitro benzene ring substituents is 1. The second kappa shape index (κ2) is 8.07. The second-order valence-electron chi connectivity index (χ2n) is 6.17. The van der Waals surface area contributed by atoms with Gasteiger partial charge in [0.25, 0.3) is 5.69 Å². The number of halogens is 15. The molecule has 0 saturated heterocycles.